The first-order valence-corrected chi connectivity index (χ1v) is 11.1. The number of hydrogen-bond donors (Lipinski definition) is 1. The molecule has 1 aromatic heterocycles. The van der Waals surface area contributed by atoms with Crippen LogP contribution < -0.4 is 15.0 Å². The Kier molecular flexibility index (Phi) is 5.26. The van der Waals surface area contributed by atoms with E-state index in [2.05, 4.69) is 15.2 Å². The molecule has 1 saturated heterocycles. The molecule has 1 saturated carbocycles. The van der Waals surface area contributed by atoms with Gasteiger partial charge >= 0.3 is 0 Å². The number of aromatic nitrogens is 1. The number of rotatable bonds is 5. The summed E-state index contributed by atoms with van der Waals surface area (Å²) in [7, 11) is 1.64. The number of benzene rings is 1. The molecule has 162 valence electrons. The summed E-state index contributed by atoms with van der Waals surface area (Å²) in [5, 5.41) is 2.97. The second-order valence-corrected chi connectivity index (χ2v) is 8.63. The molecule has 3 aliphatic rings. The van der Waals surface area contributed by atoms with Crippen molar-refractivity contribution in [3.05, 3.63) is 47.7 Å². The lowest BCUT2D eigenvalue weighted by Gasteiger charge is -2.36. The van der Waals surface area contributed by atoms with Crippen LogP contribution in [0, 0.1) is 5.92 Å². The molecule has 7 nitrogen and oxygen atoms in total. The third-order valence-corrected chi connectivity index (χ3v) is 6.63. The molecule has 1 unspecified atom stereocenters. The zero-order chi connectivity index (χ0) is 21.4. The van der Waals surface area contributed by atoms with Crippen LogP contribution in [0.3, 0.4) is 0 Å². The molecule has 2 aliphatic carbocycles. The predicted molar refractivity (Wildman–Crippen MR) is 118 cm³/mol. The number of aryl methyl sites for hydroxylation is 1. The number of nitrogens with zero attached hydrogens (tertiary/aromatic N) is 3. The van der Waals surface area contributed by atoms with Crippen LogP contribution in [0.4, 0.5) is 11.5 Å². The topological polar surface area (TPSA) is 74.8 Å². The highest BCUT2D eigenvalue weighted by Crippen LogP contribution is 2.36. The number of carbonyl (C=O) groups excluding carboxylic acids is 2. The Morgan fingerprint density at radius 1 is 1.06 bits per heavy atom. The summed E-state index contributed by atoms with van der Waals surface area (Å²) in [6.45, 7) is 3.15. The van der Waals surface area contributed by atoms with Crippen molar-refractivity contribution in [2.24, 2.45) is 5.92 Å². The zero-order valence-corrected chi connectivity index (χ0v) is 17.8. The van der Waals surface area contributed by atoms with Crippen LogP contribution in [0.1, 0.15) is 36.3 Å². The maximum absolute atomic E-state index is 12.9. The quantitative estimate of drug-likeness (QED) is 0.805. The van der Waals surface area contributed by atoms with Crippen molar-refractivity contribution >= 4 is 23.3 Å². The zero-order valence-electron chi connectivity index (χ0n) is 17.8. The number of fused-ring (bicyclic) bond motifs is 1. The summed E-state index contributed by atoms with van der Waals surface area (Å²) in [6, 6.07) is 9.81. The molecule has 1 atom stereocenters. The van der Waals surface area contributed by atoms with Gasteiger partial charge < -0.3 is 19.9 Å². The van der Waals surface area contributed by atoms with Crippen molar-refractivity contribution in [3.8, 4) is 5.75 Å². The number of ether oxygens (including phenoxy) is 1. The first kappa shape index (κ1) is 19.8. The number of methoxy groups -OCH3 is 1. The fraction of sp³-hybridized carbons (Fsp3) is 0.458. The van der Waals surface area contributed by atoms with E-state index in [4.69, 9.17) is 4.74 Å². The largest absolute Gasteiger partial charge is 0.497 e. The first-order valence-electron chi connectivity index (χ1n) is 11.1. The van der Waals surface area contributed by atoms with Crippen LogP contribution in [0.5, 0.6) is 5.75 Å². The first-order chi connectivity index (χ1) is 15.1. The average molecular weight is 421 g/mol. The van der Waals surface area contributed by atoms with Crippen molar-refractivity contribution in [1.82, 2.24) is 9.88 Å². The SMILES string of the molecule is COc1ccc2c(c1)C(C(=O)Nc1ccc(N3CCN(C(=O)C4CC4)CC3)cn1)CC2. The van der Waals surface area contributed by atoms with Gasteiger partial charge in [0.05, 0.1) is 24.9 Å². The highest BCUT2D eigenvalue weighted by atomic mass is 16.5. The summed E-state index contributed by atoms with van der Waals surface area (Å²) in [6.07, 6.45) is 5.61. The molecule has 1 N–H and O–H groups in total. The molecule has 7 heteroatoms. The normalized spacial score (nSPS) is 20.4. The molecule has 2 aromatic rings. The lowest BCUT2D eigenvalue weighted by Crippen LogP contribution is -2.49. The third kappa shape index (κ3) is 4.09. The minimum absolute atomic E-state index is 0.0283. The number of amides is 2. The Balaban J connectivity index is 1.19. The molecular weight excluding hydrogens is 392 g/mol. The van der Waals surface area contributed by atoms with E-state index in [-0.39, 0.29) is 17.7 Å². The Morgan fingerprint density at radius 3 is 2.55 bits per heavy atom. The van der Waals surface area contributed by atoms with Crippen LogP contribution in [-0.2, 0) is 16.0 Å². The summed E-state index contributed by atoms with van der Waals surface area (Å²) >= 11 is 0. The predicted octanol–water partition coefficient (Wildman–Crippen LogP) is 2.82. The molecular formula is C24H28N4O3. The van der Waals surface area contributed by atoms with Gasteiger partial charge in [-0.05, 0) is 61.1 Å². The van der Waals surface area contributed by atoms with Crippen LogP contribution in [0.15, 0.2) is 36.5 Å². The Bertz CT molecular complexity index is 979. The maximum Gasteiger partial charge on any atom is 0.233 e. The van der Waals surface area contributed by atoms with Crippen molar-refractivity contribution in [1.29, 1.82) is 0 Å². The Hall–Kier alpha value is -3.09. The second kappa shape index (κ2) is 8.21. The molecule has 0 spiro atoms. The fourth-order valence-corrected chi connectivity index (χ4v) is 4.61. The highest BCUT2D eigenvalue weighted by molar-refractivity contribution is 5.96. The number of carbonyl (C=O) groups is 2. The number of anilines is 2. The third-order valence-electron chi connectivity index (χ3n) is 6.63. The van der Waals surface area contributed by atoms with Crippen molar-refractivity contribution < 1.29 is 14.3 Å². The lowest BCUT2D eigenvalue weighted by molar-refractivity contribution is -0.132. The maximum atomic E-state index is 12.9. The monoisotopic (exact) mass is 420 g/mol. The van der Waals surface area contributed by atoms with Gasteiger partial charge in [0.15, 0.2) is 0 Å². The summed E-state index contributed by atoms with van der Waals surface area (Å²) < 4.78 is 5.32. The van der Waals surface area contributed by atoms with E-state index in [1.165, 1.54) is 5.56 Å². The fourth-order valence-electron chi connectivity index (χ4n) is 4.61. The number of pyridine rings is 1. The number of nitrogens with one attached hydrogen (secondary N) is 1. The molecule has 5 rings (SSSR count). The molecule has 2 fully saturated rings. The minimum atomic E-state index is -0.177. The van der Waals surface area contributed by atoms with E-state index >= 15 is 0 Å². The Labute approximate surface area is 182 Å². The minimum Gasteiger partial charge on any atom is -0.497 e. The van der Waals surface area contributed by atoms with Crippen LogP contribution in [0.25, 0.3) is 0 Å². The van der Waals surface area contributed by atoms with Gasteiger partial charge in [0, 0.05) is 32.1 Å². The van der Waals surface area contributed by atoms with E-state index < -0.39 is 0 Å². The molecule has 1 aliphatic heterocycles. The van der Waals surface area contributed by atoms with Gasteiger partial charge in [-0.25, -0.2) is 4.98 Å². The van der Waals surface area contributed by atoms with Gasteiger partial charge in [-0.15, -0.1) is 0 Å². The van der Waals surface area contributed by atoms with E-state index in [1.54, 1.807) is 13.3 Å². The number of hydrogen-bond acceptors (Lipinski definition) is 5. The van der Waals surface area contributed by atoms with Crippen LogP contribution >= 0.6 is 0 Å². The second-order valence-electron chi connectivity index (χ2n) is 8.63. The molecule has 1 aromatic carbocycles. The Morgan fingerprint density at radius 2 is 1.87 bits per heavy atom. The van der Waals surface area contributed by atoms with Crippen molar-refractivity contribution in [2.45, 2.75) is 31.6 Å². The standard InChI is InChI=1S/C24H28N4O3/c1-31-19-7-4-16-5-8-20(21(16)14-19)23(29)26-22-9-6-18(15-25-22)27-10-12-28(13-11-27)24(30)17-2-3-17/h4,6-7,9,14-15,17,20H,2-3,5,8,10-13H2,1H3,(H,25,26,29). The number of piperazine rings is 1. The van der Waals surface area contributed by atoms with E-state index in [1.807, 2.05) is 35.2 Å². The molecule has 0 bridgehead atoms. The van der Waals surface area contributed by atoms with Gasteiger partial charge in [-0.1, -0.05) is 6.07 Å². The van der Waals surface area contributed by atoms with Crippen molar-refractivity contribution in [2.75, 3.05) is 43.5 Å². The molecule has 2 amide bonds. The van der Waals surface area contributed by atoms with E-state index in [9.17, 15) is 9.59 Å². The van der Waals surface area contributed by atoms with E-state index in [0.29, 0.717) is 11.7 Å². The van der Waals surface area contributed by atoms with Gasteiger partial charge in [-0.2, -0.15) is 0 Å². The van der Waals surface area contributed by atoms with Gasteiger partial charge in [0.2, 0.25) is 11.8 Å². The lowest BCUT2D eigenvalue weighted by atomic mass is 10.00. The van der Waals surface area contributed by atoms with Gasteiger partial charge in [-0.3, -0.25) is 9.59 Å². The average Bonchev–Trinajstić information content (AvgIpc) is 3.58. The molecule has 2 heterocycles. The van der Waals surface area contributed by atoms with Crippen molar-refractivity contribution in [3.63, 3.8) is 0 Å². The van der Waals surface area contributed by atoms with Crippen LogP contribution in [0.2, 0.25) is 0 Å². The summed E-state index contributed by atoms with van der Waals surface area (Å²) in [5.41, 5.74) is 3.28. The van der Waals surface area contributed by atoms with Gasteiger partial charge in [0.1, 0.15) is 11.6 Å². The van der Waals surface area contributed by atoms with Crippen LogP contribution in [-0.4, -0.2) is 55.0 Å². The molecule has 0 radical (unpaired) electrons. The van der Waals surface area contributed by atoms with Gasteiger partial charge in [0.25, 0.3) is 0 Å². The summed E-state index contributed by atoms with van der Waals surface area (Å²) in [4.78, 5) is 33.8. The highest BCUT2D eigenvalue weighted by Gasteiger charge is 2.34. The van der Waals surface area contributed by atoms with E-state index in [0.717, 1.165) is 68.9 Å². The smallest absolute Gasteiger partial charge is 0.233 e. The summed E-state index contributed by atoms with van der Waals surface area (Å²) in [5.74, 6) is 1.74. The molecule has 31 heavy (non-hydrogen) atoms.